The summed E-state index contributed by atoms with van der Waals surface area (Å²) in [5.74, 6) is 0.909. The molecule has 0 fully saturated rings. The maximum absolute atomic E-state index is 12.6. The number of ether oxygens (including phenoxy) is 1. The lowest BCUT2D eigenvalue weighted by atomic mass is 10.1. The molecule has 27 heavy (non-hydrogen) atoms. The number of carbonyl (C=O) groups excluding carboxylic acids is 1. The summed E-state index contributed by atoms with van der Waals surface area (Å²) in [4.78, 5) is 14.3. The van der Waals surface area contributed by atoms with E-state index in [-0.39, 0.29) is 5.91 Å². The van der Waals surface area contributed by atoms with Crippen LogP contribution >= 0.6 is 0 Å². The molecular formula is C22H25N3O2. The molecule has 1 heterocycles. The summed E-state index contributed by atoms with van der Waals surface area (Å²) in [6.07, 6.45) is 1.73. The second kappa shape index (κ2) is 8.08. The molecule has 2 aromatic carbocycles. The fraction of sp³-hybridized carbons (Fsp3) is 0.273. The molecule has 0 saturated carbocycles. The molecule has 0 aliphatic carbocycles. The quantitative estimate of drug-likeness (QED) is 0.668. The molecule has 3 aromatic rings. The van der Waals surface area contributed by atoms with Crippen molar-refractivity contribution in [2.75, 3.05) is 7.05 Å². The van der Waals surface area contributed by atoms with Gasteiger partial charge in [-0.2, -0.15) is 5.10 Å². The lowest BCUT2D eigenvalue weighted by Crippen LogP contribution is -2.27. The molecule has 140 valence electrons. The Morgan fingerprint density at radius 2 is 1.74 bits per heavy atom. The molecule has 0 saturated heterocycles. The smallest absolute Gasteiger partial charge is 0.253 e. The normalized spacial score (nSPS) is 10.7. The highest BCUT2D eigenvalue weighted by atomic mass is 16.5. The van der Waals surface area contributed by atoms with E-state index in [1.807, 2.05) is 69.4 Å². The predicted molar refractivity (Wildman–Crippen MR) is 106 cm³/mol. The van der Waals surface area contributed by atoms with Crippen molar-refractivity contribution in [1.82, 2.24) is 14.7 Å². The van der Waals surface area contributed by atoms with Crippen molar-refractivity contribution in [3.63, 3.8) is 0 Å². The summed E-state index contributed by atoms with van der Waals surface area (Å²) >= 11 is 0. The van der Waals surface area contributed by atoms with Crippen molar-refractivity contribution in [1.29, 1.82) is 0 Å². The fourth-order valence-electron chi connectivity index (χ4n) is 3.02. The number of aryl methyl sites for hydroxylation is 3. The molecule has 0 radical (unpaired) electrons. The topological polar surface area (TPSA) is 47.4 Å². The molecule has 0 aliphatic rings. The number of aromatic nitrogens is 2. The van der Waals surface area contributed by atoms with E-state index < -0.39 is 0 Å². The fourth-order valence-corrected chi connectivity index (χ4v) is 3.02. The molecule has 0 spiro atoms. The number of hydrogen-bond donors (Lipinski definition) is 0. The number of carbonyl (C=O) groups is 1. The highest BCUT2D eigenvalue weighted by Crippen LogP contribution is 2.23. The van der Waals surface area contributed by atoms with E-state index in [1.165, 1.54) is 0 Å². The third-order valence-corrected chi connectivity index (χ3v) is 4.66. The van der Waals surface area contributed by atoms with E-state index >= 15 is 0 Å². The van der Waals surface area contributed by atoms with E-state index in [4.69, 9.17) is 4.74 Å². The van der Waals surface area contributed by atoms with Crippen LogP contribution in [0, 0.1) is 13.8 Å². The van der Waals surface area contributed by atoms with E-state index in [2.05, 4.69) is 5.10 Å². The Hall–Kier alpha value is -3.08. The highest BCUT2D eigenvalue weighted by molar-refractivity contribution is 5.94. The van der Waals surface area contributed by atoms with Gasteiger partial charge in [-0.25, -0.2) is 0 Å². The van der Waals surface area contributed by atoms with Gasteiger partial charge in [0, 0.05) is 25.9 Å². The van der Waals surface area contributed by atoms with Crippen LogP contribution in [0.5, 0.6) is 5.75 Å². The summed E-state index contributed by atoms with van der Waals surface area (Å²) < 4.78 is 7.76. The molecule has 1 aromatic heterocycles. The lowest BCUT2D eigenvalue weighted by Gasteiger charge is -2.17. The minimum absolute atomic E-state index is 0.0154. The monoisotopic (exact) mass is 363 g/mol. The van der Waals surface area contributed by atoms with Gasteiger partial charge in [-0.05, 0) is 48.7 Å². The third-order valence-electron chi connectivity index (χ3n) is 4.66. The van der Waals surface area contributed by atoms with Gasteiger partial charge in [0.1, 0.15) is 12.4 Å². The van der Waals surface area contributed by atoms with Crippen LogP contribution in [0.2, 0.25) is 0 Å². The number of hydrogen-bond acceptors (Lipinski definition) is 3. The standard InChI is InChI=1S/C22H25N3O2/c1-16-6-5-7-17(2)21(16)27-15-18-8-10-19(11-9-18)22(26)24(3)14-20-12-13-23-25(20)4/h5-13H,14-15H2,1-4H3. The molecule has 5 heteroatoms. The van der Waals surface area contributed by atoms with Crippen molar-refractivity contribution in [2.24, 2.45) is 7.05 Å². The van der Waals surface area contributed by atoms with Gasteiger partial charge in [0.05, 0.1) is 12.2 Å². The van der Waals surface area contributed by atoms with Gasteiger partial charge in [0.2, 0.25) is 0 Å². The van der Waals surface area contributed by atoms with Gasteiger partial charge in [0.25, 0.3) is 5.91 Å². The summed E-state index contributed by atoms with van der Waals surface area (Å²) in [5, 5.41) is 4.14. The molecule has 5 nitrogen and oxygen atoms in total. The molecule has 0 aliphatic heterocycles. The number of benzene rings is 2. The maximum Gasteiger partial charge on any atom is 0.253 e. The second-order valence-electron chi connectivity index (χ2n) is 6.81. The first-order chi connectivity index (χ1) is 13.0. The average Bonchev–Trinajstić information content (AvgIpc) is 3.06. The zero-order chi connectivity index (χ0) is 19.4. The third kappa shape index (κ3) is 4.37. The van der Waals surface area contributed by atoms with Crippen LogP contribution in [0.15, 0.2) is 54.7 Å². The van der Waals surface area contributed by atoms with Crippen LogP contribution in [0.25, 0.3) is 0 Å². The number of rotatable bonds is 6. The van der Waals surface area contributed by atoms with Crippen molar-refractivity contribution in [3.05, 3.63) is 82.7 Å². The van der Waals surface area contributed by atoms with Crippen LogP contribution in [0.1, 0.15) is 32.7 Å². The first-order valence-corrected chi connectivity index (χ1v) is 8.96. The average molecular weight is 363 g/mol. The van der Waals surface area contributed by atoms with Gasteiger partial charge in [0.15, 0.2) is 0 Å². The minimum atomic E-state index is -0.0154. The number of nitrogens with zero attached hydrogens (tertiary/aromatic N) is 3. The van der Waals surface area contributed by atoms with Crippen LogP contribution in [0.4, 0.5) is 0 Å². The SMILES string of the molecule is Cc1cccc(C)c1OCc1ccc(C(=O)N(C)Cc2ccnn2C)cc1. The summed E-state index contributed by atoms with van der Waals surface area (Å²) in [5.41, 5.74) is 4.93. The predicted octanol–water partition coefficient (Wildman–Crippen LogP) is 3.89. The van der Waals surface area contributed by atoms with Crippen molar-refractivity contribution >= 4 is 5.91 Å². The molecule has 0 N–H and O–H groups in total. The Labute approximate surface area is 160 Å². The molecular weight excluding hydrogens is 338 g/mol. The highest BCUT2D eigenvalue weighted by Gasteiger charge is 2.13. The largest absolute Gasteiger partial charge is 0.488 e. The van der Waals surface area contributed by atoms with Crippen LogP contribution in [0.3, 0.4) is 0 Å². The minimum Gasteiger partial charge on any atom is -0.488 e. The van der Waals surface area contributed by atoms with Gasteiger partial charge in [-0.3, -0.25) is 9.48 Å². The van der Waals surface area contributed by atoms with E-state index in [0.29, 0.717) is 18.7 Å². The molecule has 0 bridgehead atoms. The molecule has 1 amide bonds. The van der Waals surface area contributed by atoms with Crippen molar-refractivity contribution in [3.8, 4) is 5.75 Å². The Balaban J connectivity index is 1.62. The van der Waals surface area contributed by atoms with Gasteiger partial charge in [-0.1, -0.05) is 30.3 Å². The Morgan fingerprint density at radius 3 is 2.33 bits per heavy atom. The number of amides is 1. The Kier molecular flexibility index (Phi) is 5.60. The van der Waals surface area contributed by atoms with E-state index in [9.17, 15) is 4.79 Å². The summed E-state index contributed by atoms with van der Waals surface area (Å²) in [6, 6.07) is 15.6. The number of para-hydroxylation sites is 1. The van der Waals surface area contributed by atoms with Gasteiger partial charge < -0.3 is 9.64 Å². The van der Waals surface area contributed by atoms with E-state index in [1.54, 1.807) is 22.8 Å². The Bertz CT molecular complexity index is 909. The summed E-state index contributed by atoms with van der Waals surface area (Å²) in [6.45, 7) is 5.09. The second-order valence-corrected chi connectivity index (χ2v) is 6.81. The first kappa shape index (κ1) is 18.7. The van der Waals surface area contributed by atoms with Crippen molar-refractivity contribution < 1.29 is 9.53 Å². The van der Waals surface area contributed by atoms with Gasteiger partial charge >= 0.3 is 0 Å². The molecule has 3 rings (SSSR count). The Morgan fingerprint density at radius 1 is 1.07 bits per heavy atom. The van der Waals surface area contributed by atoms with Crippen LogP contribution in [-0.2, 0) is 20.2 Å². The van der Waals surface area contributed by atoms with E-state index in [0.717, 1.165) is 28.1 Å². The zero-order valence-electron chi connectivity index (χ0n) is 16.3. The first-order valence-electron chi connectivity index (χ1n) is 8.96. The van der Waals surface area contributed by atoms with Gasteiger partial charge in [-0.15, -0.1) is 0 Å². The maximum atomic E-state index is 12.6. The molecule has 0 unspecified atom stereocenters. The van der Waals surface area contributed by atoms with Crippen LogP contribution in [-0.4, -0.2) is 27.6 Å². The molecule has 0 atom stereocenters. The zero-order valence-corrected chi connectivity index (χ0v) is 16.3. The van der Waals surface area contributed by atoms with Crippen LogP contribution < -0.4 is 4.74 Å². The van der Waals surface area contributed by atoms with Crippen molar-refractivity contribution in [2.45, 2.75) is 27.0 Å². The summed E-state index contributed by atoms with van der Waals surface area (Å²) in [7, 11) is 3.67. The lowest BCUT2D eigenvalue weighted by molar-refractivity contribution is 0.0782.